The van der Waals surface area contributed by atoms with Crippen molar-refractivity contribution >= 4 is 22.8 Å². The largest absolute Gasteiger partial charge is 0.481 e. The molecular weight excluding hydrogens is 254 g/mol. The van der Waals surface area contributed by atoms with Gasteiger partial charge in [0.2, 0.25) is 5.78 Å². The molecule has 0 saturated carbocycles. The second kappa shape index (κ2) is 4.37. The molecule has 0 aliphatic rings. The van der Waals surface area contributed by atoms with Crippen LogP contribution in [0.1, 0.15) is 31.0 Å². The van der Waals surface area contributed by atoms with Gasteiger partial charge in [-0.3, -0.25) is 9.20 Å². The summed E-state index contributed by atoms with van der Waals surface area (Å²) in [5.74, 6) is 0.407. The van der Waals surface area contributed by atoms with Crippen LogP contribution in [0.15, 0.2) is 24.4 Å². The number of benzene rings is 1. The lowest BCUT2D eigenvalue weighted by Crippen LogP contribution is -2.05. The predicted molar refractivity (Wildman–Crippen MR) is 77.1 cm³/mol. The van der Waals surface area contributed by atoms with Crippen LogP contribution in [-0.4, -0.2) is 25.0 Å². The van der Waals surface area contributed by atoms with Gasteiger partial charge in [0.05, 0.1) is 17.5 Å². The number of hydrogen-bond acceptors (Lipinski definition) is 2. The lowest BCUT2D eigenvalue weighted by Gasteiger charge is -2.03. The number of aromatic nitrogens is 3. The normalized spacial score (nSPS) is 11.8. The molecule has 0 spiro atoms. The summed E-state index contributed by atoms with van der Waals surface area (Å²) in [5.41, 5.74) is 3.96. The monoisotopic (exact) mass is 271 g/mol. The molecule has 3 aromatic rings. The summed E-state index contributed by atoms with van der Waals surface area (Å²) >= 11 is 0. The zero-order valence-electron chi connectivity index (χ0n) is 11.8. The van der Waals surface area contributed by atoms with E-state index in [-0.39, 0.29) is 6.42 Å². The van der Waals surface area contributed by atoms with E-state index in [0.717, 1.165) is 22.5 Å². The second-order valence-electron chi connectivity index (χ2n) is 5.43. The van der Waals surface area contributed by atoms with Crippen molar-refractivity contribution in [1.82, 2.24) is 14.0 Å². The molecule has 0 aliphatic carbocycles. The van der Waals surface area contributed by atoms with Gasteiger partial charge in [-0.1, -0.05) is 19.9 Å². The Bertz CT molecular complexity index is 811. The van der Waals surface area contributed by atoms with E-state index >= 15 is 0 Å². The molecule has 1 aromatic carbocycles. The molecule has 2 heterocycles. The maximum absolute atomic E-state index is 10.9. The van der Waals surface area contributed by atoms with Gasteiger partial charge in [-0.05, 0) is 23.6 Å². The van der Waals surface area contributed by atoms with E-state index in [2.05, 4.69) is 37.0 Å². The molecule has 3 rings (SSSR count). The molecule has 104 valence electrons. The van der Waals surface area contributed by atoms with Gasteiger partial charge in [-0.25, -0.2) is 4.98 Å². The van der Waals surface area contributed by atoms with Crippen LogP contribution < -0.4 is 0 Å². The fourth-order valence-electron chi connectivity index (χ4n) is 2.51. The van der Waals surface area contributed by atoms with Crippen molar-refractivity contribution in [1.29, 1.82) is 0 Å². The summed E-state index contributed by atoms with van der Waals surface area (Å²) < 4.78 is 3.79. The number of nitrogens with zero attached hydrogens (tertiary/aromatic N) is 3. The summed E-state index contributed by atoms with van der Waals surface area (Å²) in [4.78, 5) is 15.5. The summed E-state index contributed by atoms with van der Waals surface area (Å²) in [6, 6.07) is 6.25. The summed E-state index contributed by atoms with van der Waals surface area (Å²) in [6.45, 7) is 4.31. The Morgan fingerprint density at radius 3 is 2.80 bits per heavy atom. The maximum atomic E-state index is 10.9. The van der Waals surface area contributed by atoms with Crippen LogP contribution in [0.5, 0.6) is 0 Å². The van der Waals surface area contributed by atoms with Gasteiger partial charge in [0.25, 0.3) is 0 Å². The third-order valence-electron chi connectivity index (χ3n) is 3.70. The predicted octanol–water partition coefficient (Wildman–Crippen LogP) is 2.58. The first-order chi connectivity index (χ1) is 9.47. The zero-order valence-corrected chi connectivity index (χ0v) is 11.8. The van der Waals surface area contributed by atoms with Gasteiger partial charge in [-0.2, -0.15) is 0 Å². The topological polar surface area (TPSA) is 59.5 Å². The first kappa shape index (κ1) is 12.7. The van der Waals surface area contributed by atoms with E-state index < -0.39 is 5.97 Å². The molecule has 0 atom stereocenters. The van der Waals surface area contributed by atoms with E-state index in [1.165, 1.54) is 5.56 Å². The molecule has 0 amide bonds. The quantitative estimate of drug-likeness (QED) is 0.796. The maximum Gasteiger partial charge on any atom is 0.309 e. The van der Waals surface area contributed by atoms with E-state index in [1.807, 2.05) is 22.2 Å². The highest BCUT2D eigenvalue weighted by atomic mass is 16.4. The SMILES string of the molecule is CC(C)c1ccc2c(c1)nc1n(C)c(CC(=O)O)cn21. The second-order valence-corrected chi connectivity index (χ2v) is 5.43. The van der Waals surface area contributed by atoms with Crippen LogP contribution >= 0.6 is 0 Å². The number of aliphatic carboxylic acids is 1. The van der Waals surface area contributed by atoms with Crippen molar-refractivity contribution in [3.63, 3.8) is 0 Å². The molecule has 0 fully saturated rings. The van der Waals surface area contributed by atoms with Gasteiger partial charge in [0, 0.05) is 18.9 Å². The molecule has 0 radical (unpaired) electrons. The van der Waals surface area contributed by atoms with Crippen molar-refractivity contribution in [3.8, 4) is 0 Å². The van der Waals surface area contributed by atoms with Gasteiger partial charge in [0.1, 0.15) is 0 Å². The summed E-state index contributed by atoms with van der Waals surface area (Å²) in [7, 11) is 1.85. The molecule has 5 heteroatoms. The number of carboxylic acids is 1. The fourth-order valence-corrected chi connectivity index (χ4v) is 2.51. The van der Waals surface area contributed by atoms with Crippen molar-refractivity contribution < 1.29 is 9.90 Å². The van der Waals surface area contributed by atoms with Crippen molar-refractivity contribution in [3.05, 3.63) is 35.7 Å². The van der Waals surface area contributed by atoms with Crippen LogP contribution in [-0.2, 0) is 18.3 Å². The summed E-state index contributed by atoms with van der Waals surface area (Å²) in [6.07, 6.45) is 1.86. The number of carboxylic acid groups (broad SMARTS) is 1. The molecule has 0 bridgehead atoms. The Labute approximate surface area is 116 Å². The molecule has 1 N–H and O–H groups in total. The molecule has 20 heavy (non-hydrogen) atoms. The lowest BCUT2D eigenvalue weighted by atomic mass is 10.0. The third kappa shape index (κ3) is 1.86. The molecule has 5 nitrogen and oxygen atoms in total. The highest BCUT2D eigenvalue weighted by Gasteiger charge is 2.14. The van der Waals surface area contributed by atoms with Gasteiger partial charge < -0.3 is 9.67 Å². The average molecular weight is 271 g/mol. The van der Waals surface area contributed by atoms with Crippen LogP contribution in [0.4, 0.5) is 0 Å². The zero-order chi connectivity index (χ0) is 14.4. The minimum atomic E-state index is -0.833. The number of aryl methyl sites for hydroxylation is 1. The minimum Gasteiger partial charge on any atom is -0.481 e. The molecule has 0 aliphatic heterocycles. The van der Waals surface area contributed by atoms with E-state index in [0.29, 0.717) is 5.92 Å². The number of carbonyl (C=O) groups is 1. The molecule has 2 aromatic heterocycles. The number of hydrogen-bond donors (Lipinski definition) is 1. The fraction of sp³-hybridized carbons (Fsp3) is 0.333. The number of fused-ring (bicyclic) bond motifs is 3. The minimum absolute atomic E-state index is 0.00539. The lowest BCUT2D eigenvalue weighted by molar-refractivity contribution is -0.136. The van der Waals surface area contributed by atoms with Crippen LogP contribution in [0.2, 0.25) is 0 Å². The van der Waals surface area contributed by atoms with Gasteiger partial charge >= 0.3 is 5.97 Å². The highest BCUT2D eigenvalue weighted by Crippen LogP contribution is 2.23. The molecule has 0 unspecified atom stereocenters. The smallest absolute Gasteiger partial charge is 0.309 e. The standard InChI is InChI=1S/C15H17N3O2/c1-9(2)10-4-5-13-12(6-10)16-15-17(3)11(7-14(19)20)8-18(13)15/h4-6,8-9H,7H2,1-3H3,(H,19,20). The van der Waals surface area contributed by atoms with Gasteiger partial charge in [0.15, 0.2) is 0 Å². The Kier molecular flexibility index (Phi) is 2.78. The average Bonchev–Trinajstić information content (AvgIpc) is 2.87. The van der Waals surface area contributed by atoms with Crippen LogP contribution in [0, 0.1) is 0 Å². The van der Waals surface area contributed by atoms with Crippen molar-refractivity contribution in [2.45, 2.75) is 26.2 Å². The molecule has 0 saturated heterocycles. The van der Waals surface area contributed by atoms with Crippen LogP contribution in [0.25, 0.3) is 16.8 Å². The van der Waals surface area contributed by atoms with Crippen molar-refractivity contribution in [2.75, 3.05) is 0 Å². The Morgan fingerprint density at radius 2 is 2.15 bits per heavy atom. The first-order valence-corrected chi connectivity index (χ1v) is 6.65. The van der Waals surface area contributed by atoms with E-state index in [4.69, 9.17) is 5.11 Å². The van der Waals surface area contributed by atoms with Gasteiger partial charge in [-0.15, -0.1) is 0 Å². The number of rotatable bonds is 3. The van der Waals surface area contributed by atoms with Crippen molar-refractivity contribution in [2.24, 2.45) is 7.05 Å². The third-order valence-corrected chi connectivity index (χ3v) is 3.70. The Balaban J connectivity index is 2.21. The summed E-state index contributed by atoms with van der Waals surface area (Å²) in [5, 5.41) is 8.92. The van der Waals surface area contributed by atoms with Crippen LogP contribution in [0.3, 0.4) is 0 Å². The first-order valence-electron chi connectivity index (χ1n) is 6.65. The highest BCUT2D eigenvalue weighted by molar-refractivity contribution is 5.81. The Hall–Kier alpha value is -2.30. The van der Waals surface area contributed by atoms with E-state index in [9.17, 15) is 4.79 Å². The number of imidazole rings is 2. The Morgan fingerprint density at radius 1 is 1.40 bits per heavy atom. The van der Waals surface area contributed by atoms with E-state index in [1.54, 1.807) is 0 Å². The molecular formula is C15H17N3O2.